The van der Waals surface area contributed by atoms with Crippen molar-refractivity contribution in [2.75, 3.05) is 26.3 Å². The summed E-state index contributed by atoms with van der Waals surface area (Å²) in [6.07, 6.45) is 18.2. The minimum absolute atomic E-state index is 0.0367. The van der Waals surface area contributed by atoms with Crippen molar-refractivity contribution in [2.24, 2.45) is 0 Å². The van der Waals surface area contributed by atoms with Crippen LogP contribution >= 0.6 is 0 Å². The smallest absolute Gasteiger partial charge is 0.326 e. The molecule has 0 unspecified atom stereocenters. The van der Waals surface area contributed by atoms with Gasteiger partial charge in [-0.2, -0.15) is 0 Å². The standard InChI is InChI=1S/C35H61N5O11/c41-22-15-13-11-9-7-5-3-1-2-4-6-8-10-12-14-17-30(45)36-21-16-18-31(46)39-28(35(50)51)19-20-32(47)40-29(26-44)34(49)37-23-33(48)38-27(24-42)25-43/h22,24,27-29,43-44H,1-21,23,25-26H2,(H,36,45)(H,37,49)(H,38,48)(H,39,46)(H,40,47)(H,50,51)/t27-,28+,29+/m1/s1. The number of hydrogen-bond donors (Lipinski definition) is 8. The van der Waals surface area contributed by atoms with Crippen molar-refractivity contribution in [2.45, 2.75) is 147 Å². The second kappa shape index (κ2) is 32.0. The molecule has 0 aliphatic heterocycles. The van der Waals surface area contributed by atoms with Gasteiger partial charge in [0.25, 0.3) is 0 Å². The molecule has 0 rings (SSSR count). The quantitative estimate of drug-likeness (QED) is 0.0342. The normalized spacial score (nSPS) is 12.5. The van der Waals surface area contributed by atoms with Crippen LogP contribution in [0.4, 0.5) is 0 Å². The minimum atomic E-state index is -1.45. The van der Waals surface area contributed by atoms with E-state index in [1.165, 1.54) is 51.4 Å². The van der Waals surface area contributed by atoms with E-state index in [1.807, 2.05) is 0 Å². The Balaban J connectivity index is 4.04. The first-order chi connectivity index (χ1) is 24.6. The number of aliphatic carboxylic acids is 1. The monoisotopic (exact) mass is 727 g/mol. The topological polar surface area (TPSA) is 257 Å². The van der Waals surface area contributed by atoms with E-state index in [1.54, 1.807) is 0 Å². The number of carboxylic acids is 1. The average molecular weight is 728 g/mol. The highest BCUT2D eigenvalue weighted by Gasteiger charge is 2.24. The highest BCUT2D eigenvalue weighted by Crippen LogP contribution is 2.13. The molecule has 0 aromatic carbocycles. The molecule has 0 radical (unpaired) electrons. The van der Waals surface area contributed by atoms with Gasteiger partial charge in [0.2, 0.25) is 29.5 Å². The number of aliphatic hydroxyl groups excluding tert-OH is 2. The molecule has 292 valence electrons. The third-order valence-corrected chi connectivity index (χ3v) is 8.14. The highest BCUT2D eigenvalue weighted by molar-refractivity contribution is 5.91. The van der Waals surface area contributed by atoms with Gasteiger partial charge in [-0.25, -0.2) is 4.79 Å². The predicted octanol–water partition coefficient (Wildman–Crippen LogP) is 0.942. The summed E-state index contributed by atoms with van der Waals surface area (Å²) in [5.41, 5.74) is 0. The van der Waals surface area contributed by atoms with Crippen LogP contribution < -0.4 is 26.6 Å². The zero-order valence-corrected chi connectivity index (χ0v) is 30.0. The van der Waals surface area contributed by atoms with Crippen LogP contribution in [0, 0.1) is 0 Å². The van der Waals surface area contributed by atoms with Crippen molar-refractivity contribution < 1.29 is 53.7 Å². The lowest BCUT2D eigenvalue weighted by Gasteiger charge is -2.18. The number of carbonyl (C=O) groups excluding carboxylic acids is 7. The summed E-state index contributed by atoms with van der Waals surface area (Å²) in [5.74, 6) is -4.52. The number of aldehydes is 2. The molecule has 3 atom stereocenters. The molecule has 5 amide bonds. The first-order valence-electron chi connectivity index (χ1n) is 18.3. The van der Waals surface area contributed by atoms with Crippen LogP contribution in [0.25, 0.3) is 0 Å². The van der Waals surface area contributed by atoms with Gasteiger partial charge in [0.05, 0.1) is 19.8 Å². The number of unbranched alkanes of at least 4 members (excludes halogenated alkanes) is 14. The van der Waals surface area contributed by atoms with Gasteiger partial charge in [0.1, 0.15) is 30.7 Å². The van der Waals surface area contributed by atoms with Crippen molar-refractivity contribution in [1.82, 2.24) is 26.6 Å². The molecule has 0 heterocycles. The summed E-state index contributed by atoms with van der Waals surface area (Å²) in [5, 5.41) is 39.4. The van der Waals surface area contributed by atoms with Gasteiger partial charge in [-0.05, 0) is 25.7 Å². The van der Waals surface area contributed by atoms with E-state index >= 15 is 0 Å². The summed E-state index contributed by atoms with van der Waals surface area (Å²) in [7, 11) is 0. The van der Waals surface area contributed by atoms with E-state index in [4.69, 9.17) is 5.11 Å². The number of carbonyl (C=O) groups is 8. The van der Waals surface area contributed by atoms with Gasteiger partial charge < -0.3 is 51.5 Å². The zero-order chi connectivity index (χ0) is 38.1. The Kier molecular flexibility index (Phi) is 29.6. The van der Waals surface area contributed by atoms with Gasteiger partial charge >= 0.3 is 5.97 Å². The third kappa shape index (κ3) is 27.5. The van der Waals surface area contributed by atoms with Crippen LogP contribution in [-0.4, -0.2) is 108 Å². The summed E-state index contributed by atoms with van der Waals surface area (Å²) >= 11 is 0. The first kappa shape index (κ1) is 47.1. The first-order valence-corrected chi connectivity index (χ1v) is 18.3. The molecule has 0 saturated carbocycles. The number of rotatable bonds is 34. The van der Waals surface area contributed by atoms with E-state index in [0.717, 1.165) is 44.8 Å². The largest absolute Gasteiger partial charge is 0.480 e. The van der Waals surface area contributed by atoms with E-state index in [-0.39, 0.29) is 25.3 Å². The van der Waals surface area contributed by atoms with Gasteiger partial charge in [0, 0.05) is 32.2 Å². The summed E-state index contributed by atoms with van der Waals surface area (Å²) in [6.45, 7) is -1.79. The van der Waals surface area contributed by atoms with Crippen molar-refractivity contribution in [3.63, 3.8) is 0 Å². The molecule has 0 spiro atoms. The minimum Gasteiger partial charge on any atom is -0.480 e. The maximum absolute atomic E-state index is 12.3. The van der Waals surface area contributed by atoms with Crippen LogP contribution in [0.5, 0.6) is 0 Å². The maximum Gasteiger partial charge on any atom is 0.326 e. The Morgan fingerprint density at radius 1 is 0.529 bits per heavy atom. The number of aliphatic hydroxyl groups is 2. The molecular weight excluding hydrogens is 666 g/mol. The van der Waals surface area contributed by atoms with Crippen molar-refractivity contribution >= 4 is 48.1 Å². The van der Waals surface area contributed by atoms with Crippen LogP contribution in [0.2, 0.25) is 0 Å². The molecule has 0 aromatic heterocycles. The van der Waals surface area contributed by atoms with Crippen molar-refractivity contribution in [1.29, 1.82) is 0 Å². The Labute approximate surface area is 301 Å². The molecule has 0 saturated heterocycles. The molecule has 0 aliphatic rings. The van der Waals surface area contributed by atoms with E-state index in [2.05, 4.69) is 26.6 Å². The molecule has 0 fully saturated rings. The predicted molar refractivity (Wildman–Crippen MR) is 188 cm³/mol. The number of amides is 5. The fourth-order valence-corrected chi connectivity index (χ4v) is 5.13. The van der Waals surface area contributed by atoms with E-state index < -0.39 is 73.9 Å². The van der Waals surface area contributed by atoms with Crippen LogP contribution in [-0.2, 0) is 38.4 Å². The highest BCUT2D eigenvalue weighted by atomic mass is 16.4. The van der Waals surface area contributed by atoms with Crippen LogP contribution in [0.3, 0.4) is 0 Å². The summed E-state index contributed by atoms with van der Waals surface area (Å²) in [6, 6.07) is -3.98. The molecule has 16 nitrogen and oxygen atoms in total. The van der Waals surface area contributed by atoms with Crippen molar-refractivity contribution in [3.8, 4) is 0 Å². The molecule has 51 heavy (non-hydrogen) atoms. The SMILES string of the molecule is O=CCCCCCCCCCCCCCCCCC(=O)NCCCC(=O)N[C@@H](CCC(=O)N[C@@H](CO)C(=O)NCC(=O)N[C@H](C=O)CO)C(=O)O. The second-order valence-electron chi connectivity index (χ2n) is 12.6. The molecule has 0 bridgehead atoms. The molecule has 8 N–H and O–H groups in total. The molecule has 0 aromatic rings. The Morgan fingerprint density at radius 3 is 1.55 bits per heavy atom. The van der Waals surface area contributed by atoms with Crippen molar-refractivity contribution in [3.05, 3.63) is 0 Å². The number of carboxylic acid groups (broad SMARTS) is 1. The fraction of sp³-hybridized carbons (Fsp3) is 0.771. The summed E-state index contributed by atoms with van der Waals surface area (Å²) in [4.78, 5) is 93.2. The lowest BCUT2D eigenvalue weighted by Crippen LogP contribution is -2.52. The van der Waals surface area contributed by atoms with Gasteiger partial charge in [0.15, 0.2) is 0 Å². The lowest BCUT2D eigenvalue weighted by molar-refractivity contribution is -0.142. The Morgan fingerprint density at radius 2 is 1.04 bits per heavy atom. The van der Waals surface area contributed by atoms with Gasteiger partial charge in [-0.1, -0.05) is 77.0 Å². The second-order valence-corrected chi connectivity index (χ2v) is 12.6. The van der Waals surface area contributed by atoms with Gasteiger partial charge in [-0.15, -0.1) is 0 Å². The average Bonchev–Trinajstić information content (AvgIpc) is 3.11. The van der Waals surface area contributed by atoms with Gasteiger partial charge in [-0.3, -0.25) is 24.0 Å². The maximum atomic E-state index is 12.3. The third-order valence-electron chi connectivity index (χ3n) is 8.14. The van der Waals surface area contributed by atoms with E-state index in [9.17, 15) is 48.6 Å². The molecular formula is C35H61N5O11. The lowest BCUT2D eigenvalue weighted by atomic mass is 10.0. The molecule has 0 aliphatic carbocycles. The Bertz CT molecular complexity index is 1040. The van der Waals surface area contributed by atoms with Crippen LogP contribution in [0.1, 0.15) is 128 Å². The fourth-order valence-electron chi connectivity index (χ4n) is 5.13. The van der Waals surface area contributed by atoms with Crippen LogP contribution in [0.15, 0.2) is 0 Å². The summed E-state index contributed by atoms with van der Waals surface area (Å²) < 4.78 is 0. The zero-order valence-electron chi connectivity index (χ0n) is 30.0. The number of hydrogen-bond acceptors (Lipinski definition) is 10. The van der Waals surface area contributed by atoms with E-state index in [0.29, 0.717) is 25.5 Å². The Hall–Kier alpha value is -3.92. The molecule has 16 heteroatoms. The number of nitrogens with one attached hydrogen (secondary N) is 5.